The molecule has 2 aromatic carbocycles. The monoisotopic (exact) mass is 409 g/mol. The van der Waals surface area contributed by atoms with Crippen molar-refractivity contribution in [2.24, 2.45) is 0 Å². The van der Waals surface area contributed by atoms with Gasteiger partial charge in [-0.2, -0.15) is 0 Å². The van der Waals surface area contributed by atoms with Gasteiger partial charge in [-0.1, -0.05) is 12.1 Å². The van der Waals surface area contributed by atoms with Crippen molar-refractivity contribution < 1.29 is 23.5 Å². The zero-order valence-corrected chi connectivity index (χ0v) is 15.3. The molecule has 1 N–H and O–H groups in total. The lowest BCUT2D eigenvalue weighted by atomic mass is 10.2. The van der Waals surface area contributed by atoms with E-state index < -0.39 is 23.8 Å². The number of rotatable bonds is 6. The van der Waals surface area contributed by atoms with E-state index >= 15 is 0 Å². The van der Waals surface area contributed by atoms with Crippen LogP contribution in [0.4, 0.5) is 4.39 Å². The second-order valence-corrected chi connectivity index (χ2v) is 6.09. The Labute approximate surface area is 153 Å². The Morgan fingerprint density at radius 1 is 1.20 bits per heavy atom. The molecule has 0 unspecified atom stereocenters. The van der Waals surface area contributed by atoms with Crippen LogP contribution in [0.25, 0.3) is 0 Å². The van der Waals surface area contributed by atoms with Crippen molar-refractivity contribution in [3.8, 4) is 5.75 Å². The summed E-state index contributed by atoms with van der Waals surface area (Å²) in [5, 5.41) is 2.69. The summed E-state index contributed by atoms with van der Waals surface area (Å²) in [7, 11) is 1.58. The predicted molar refractivity (Wildman–Crippen MR) is 93.8 cm³/mol. The van der Waals surface area contributed by atoms with Crippen molar-refractivity contribution >= 4 is 27.8 Å². The summed E-state index contributed by atoms with van der Waals surface area (Å²) in [6.07, 6.45) is -0.984. The lowest BCUT2D eigenvalue weighted by Gasteiger charge is -2.14. The number of carbonyl (C=O) groups is 2. The molecule has 2 aromatic rings. The van der Waals surface area contributed by atoms with Gasteiger partial charge in [-0.25, -0.2) is 9.18 Å². The van der Waals surface area contributed by atoms with Gasteiger partial charge in [0.25, 0.3) is 5.91 Å². The van der Waals surface area contributed by atoms with E-state index in [0.717, 1.165) is 23.4 Å². The molecule has 1 atom stereocenters. The molecular weight excluding hydrogens is 393 g/mol. The largest absolute Gasteiger partial charge is 0.497 e. The standard InChI is InChI=1S/C18H17BrFNO4/c1-11(25-18(23)15-8-5-13(20)9-16(15)19)17(22)21-10-12-3-6-14(24-2)7-4-12/h3-9,11H,10H2,1-2H3,(H,21,22)/t11-/m1/s1. The second kappa shape index (κ2) is 8.62. The lowest BCUT2D eigenvalue weighted by Crippen LogP contribution is -2.35. The zero-order chi connectivity index (χ0) is 18.4. The van der Waals surface area contributed by atoms with E-state index in [1.54, 1.807) is 19.2 Å². The lowest BCUT2D eigenvalue weighted by molar-refractivity contribution is -0.129. The number of nitrogens with one attached hydrogen (secondary N) is 1. The third kappa shape index (κ3) is 5.29. The van der Waals surface area contributed by atoms with Crippen molar-refractivity contribution in [2.75, 3.05) is 7.11 Å². The third-order valence-corrected chi connectivity index (χ3v) is 4.09. The highest BCUT2D eigenvalue weighted by molar-refractivity contribution is 9.10. The molecule has 0 saturated carbocycles. The van der Waals surface area contributed by atoms with Gasteiger partial charge in [0.15, 0.2) is 6.10 Å². The highest BCUT2D eigenvalue weighted by Gasteiger charge is 2.20. The summed E-state index contributed by atoms with van der Waals surface area (Å²) in [6.45, 7) is 1.77. The average molecular weight is 410 g/mol. The molecule has 0 heterocycles. The Bertz CT molecular complexity index is 764. The zero-order valence-electron chi connectivity index (χ0n) is 13.7. The van der Waals surface area contributed by atoms with Crippen molar-refractivity contribution in [1.29, 1.82) is 0 Å². The smallest absolute Gasteiger partial charge is 0.340 e. The number of methoxy groups -OCH3 is 1. The van der Waals surface area contributed by atoms with Crippen LogP contribution in [0.1, 0.15) is 22.8 Å². The molecule has 0 radical (unpaired) electrons. The molecule has 25 heavy (non-hydrogen) atoms. The molecule has 5 nitrogen and oxygen atoms in total. The van der Waals surface area contributed by atoms with Gasteiger partial charge in [0.1, 0.15) is 11.6 Å². The number of hydrogen-bond donors (Lipinski definition) is 1. The minimum atomic E-state index is -0.984. The van der Waals surface area contributed by atoms with Crippen molar-refractivity contribution in [3.63, 3.8) is 0 Å². The van der Waals surface area contributed by atoms with Gasteiger partial charge in [0.2, 0.25) is 0 Å². The topological polar surface area (TPSA) is 64.6 Å². The average Bonchev–Trinajstić information content (AvgIpc) is 2.59. The number of halogens is 2. The highest BCUT2D eigenvalue weighted by Crippen LogP contribution is 2.19. The molecular formula is C18H17BrFNO4. The number of ether oxygens (including phenoxy) is 2. The van der Waals surface area contributed by atoms with Crippen molar-refractivity contribution in [3.05, 3.63) is 63.9 Å². The van der Waals surface area contributed by atoms with Gasteiger partial charge in [-0.3, -0.25) is 4.79 Å². The molecule has 0 aromatic heterocycles. The van der Waals surface area contributed by atoms with E-state index in [0.29, 0.717) is 6.54 Å². The maximum absolute atomic E-state index is 13.1. The molecule has 1 amide bonds. The number of esters is 1. The Hall–Kier alpha value is -2.41. The SMILES string of the molecule is COc1ccc(CNC(=O)[C@@H](C)OC(=O)c2ccc(F)cc2Br)cc1. The molecule has 0 aliphatic carbocycles. The normalized spacial score (nSPS) is 11.5. The first-order chi connectivity index (χ1) is 11.9. The van der Waals surface area contributed by atoms with Crippen LogP contribution in [0.3, 0.4) is 0 Å². The van der Waals surface area contributed by atoms with Gasteiger partial charge in [0.05, 0.1) is 12.7 Å². The summed E-state index contributed by atoms with van der Waals surface area (Å²) in [5.74, 6) is -0.891. The van der Waals surface area contributed by atoms with Gasteiger partial charge >= 0.3 is 5.97 Å². The summed E-state index contributed by atoms with van der Waals surface area (Å²) in [6, 6.07) is 10.8. The third-order valence-electron chi connectivity index (χ3n) is 3.43. The summed E-state index contributed by atoms with van der Waals surface area (Å²) in [5.41, 5.74) is 1.03. The first-order valence-corrected chi connectivity index (χ1v) is 8.26. The molecule has 0 aliphatic rings. The van der Waals surface area contributed by atoms with Crippen LogP contribution in [-0.4, -0.2) is 25.1 Å². The van der Waals surface area contributed by atoms with Crippen LogP contribution >= 0.6 is 15.9 Å². The van der Waals surface area contributed by atoms with E-state index in [1.165, 1.54) is 13.0 Å². The van der Waals surface area contributed by atoms with Crippen molar-refractivity contribution in [1.82, 2.24) is 5.32 Å². The fraction of sp³-hybridized carbons (Fsp3) is 0.222. The van der Waals surface area contributed by atoms with Gasteiger partial charge in [-0.05, 0) is 58.7 Å². The number of amides is 1. The summed E-state index contributed by atoms with van der Waals surface area (Å²) >= 11 is 3.10. The molecule has 132 valence electrons. The minimum absolute atomic E-state index is 0.149. The fourth-order valence-corrected chi connectivity index (χ4v) is 2.52. The van der Waals surface area contributed by atoms with E-state index in [4.69, 9.17) is 9.47 Å². The van der Waals surface area contributed by atoms with Crippen LogP contribution < -0.4 is 10.1 Å². The van der Waals surface area contributed by atoms with Crippen LogP contribution in [0.15, 0.2) is 46.9 Å². The first kappa shape index (κ1) is 18.9. The van der Waals surface area contributed by atoms with Crippen LogP contribution in [0.5, 0.6) is 5.75 Å². The molecule has 0 aliphatic heterocycles. The molecule has 0 spiro atoms. The van der Waals surface area contributed by atoms with Crippen molar-refractivity contribution in [2.45, 2.75) is 19.6 Å². The van der Waals surface area contributed by atoms with E-state index in [1.807, 2.05) is 12.1 Å². The maximum Gasteiger partial charge on any atom is 0.340 e. The van der Waals surface area contributed by atoms with E-state index in [9.17, 15) is 14.0 Å². The van der Waals surface area contributed by atoms with Crippen LogP contribution in [-0.2, 0) is 16.1 Å². The highest BCUT2D eigenvalue weighted by atomic mass is 79.9. The fourth-order valence-electron chi connectivity index (χ4n) is 2.01. The van der Waals surface area contributed by atoms with Gasteiger partial charge in [-0.15, -0.1) is 0 Å². The Morgan fingerprint density at radius 2 is 1.88 bits per heavy atom. The minimum Gasteiger partial charge on any atom is -0.497 e. The molecule has 2 rings (SSSR count). The summed E-state index contributed by atoms with van der Waals surface area (Å²) < 4.78 is 23.5. The van der Waals surface area contributed by atoms with Gasteiger partial charge < -0.3 is 14.8 Å². The molecule has 7 heteroatoms. The molecule has 0 bridgehead atoms. The Morgan fingerprint density at radius 3 is 2.48 bits per heavy atom. The summed E-state index contributed by atoms with van der Waals surface area (Å²) in [4.78, 5) is 24.1. The van der Waals surface area contributed by atoms with Crippen LogP contribution in [0.2, 0.25) is 0 Å². The Kier molecular flexibility index (Phi) is 6.52. The maximum atomic E-state index is 13.1. The van der Waals surface area contributed by atoms with Gasteiger partial charge in [0, 0.05) is 11.0 Å². The number of carbonyl (C=O) groups excluding carboxylic acids is 2. The molecule has 0 saturated heterocycles. The van der Waals surface area contributed by atoms with Crippen LogP contribution in [0, 0.1) is 5.82 Å². The Balaban J connectivity index is 1.89. The second-order valence-electron chi connectivity index (χ2n) is 5.24. The quantitative estimate of drug-likeness (QED) is 0.741. The van der Waals surface area contributed by atoms with E-state index in [2.05, 4.69) is 21.2 Å². The number of benzene rings is 2. The first-order valence-electron chi connectivity index (χ1n) is 7.47. The number of hydrogen-bond acceptors (Lipinski definition) is 4. The molecule has 0 fully saturated rings. The van der Waals surface area contributed by atoms with E-state index in [-0.39, 0.29) is 10.0 Å². The predicted octanol–water partition coefficient (Wildman–Crippen LogP) is 3.46.